The number of hydrogen-bond donors (Lipinski definition) is 0. The fraction of sp³-hybridized carbons (Fsp3) is 0.477. The monoisotopic (exact) mass is 711 g/mol. The van der Waals surface area contributed by atoms with Crippen molar-refractivity contribution in [1.82, 2.24) is 4.90 Å². The van der Waals surface area contributed by atoms with E-state index >= 15 is 0 Å². The number of likely N-dealkylation sites (tertiary alicyclic amines) is 1. The van der Waals surface area contributed by atoms with Gasteiger partial charge in [-0.05, 0) is 86.0 Å². The number of allylic oxidation sites excluding steroid dienone is 1. The topological polar surface area (TPSA) is 57.2 Å². The molecule has 1 aliphatic heterocycles. The minimum Gasteiger partial charge on any atom is -0.497 e. The van der Waals surface area contributed by atoms with Crippen molar-refractivity contribution in [1.29, 1.82) is 0 Å². The summed E-state index contributed by atoms with van der Waals surface area (Å²) in [6, 6.07) is 29.3. The van der Waals surface area contributed by atoms with Gasteiger partial charge in [-0.1, -0.05) is 118 Å². The first-order valence-corrected chi connectivity index (χ1v) is 20.3. The van der Waals surface area contributed by atoms with Crippen LogP contribution in [0.2, 0.25) is 5.04 Å². The lowest BCUT2D eigenvalue weighted by molar-refractivity contribution is -0.138. The fourth-order valence-electron chi connectivity index (χ4n) is 7.38. The molecule has 6 nitrogen and oxygen atoms in total. The number of nitrogens with zero attached hydrogens (tertiary/aromatic N) is 1. The summed E-state index contributed by atoms with van der Waals surface area (Å²) >= 11 is 0. The number of amides is 1. The van der Waals surface area contributed by atoms with E-state index in [2.05, 4.69) is 101 Å². The third-order valence-corrected chi connectivity index (χ3v) is 15.1. The van der Waals surface area contributed by atoms with Gasteiger partial charge in [0, 0.05) is 20.3 Å². The van der Waals surface area contributed by atoms with E-state index in [9.17, 15) is 4.79 Å². The summed E-state index contributed by atoms with van der Waals surface area (Å²) < 4.78 is 24.8. The van der Waals surface area contributed by atoms with Crippen molar-refractivity contribution in [2.75, 3.05) is 34.0 Å². The fourth-order valence-corrected chi connectivity index (χ4v) is 12.0. The lowest BCUT2D eigenvalue weighted by Crippen LogP contribution is -2.66. The maximum atomic E-state index is 14.8. The van der Waals surface area contributed by atoms with Crippen LogP contribution < -0.4 is 15.1 Å². The normalized spacial score (nSPS) is 18.2. The van der Waals surface area contributed by atoms with Gasteiger partial charge in [0.15, 0.2) is 0 Å². The van der Waals surface area contributed by atoms with E-state index in [1.165, 1.54) is 10.4 Å². The van der Waals surface area contributed by atoms with E-state index in [0.717, 1.165) is 36.1 Å². The average molecular weight is 712 g/mol. The van der Waals surface area contributed by atoms with Crippen LogP contribution in [0.5, 0.6) is 5.75 Å². The minimum atomic E-state index is -2.68. The molecule has 1 aliphatic rings. The second-order valence-corrected chi connectivity index (χ2v) is 20.2. The Morgan fingerprint density at radius 3 is 2.10 bits per heavy atom. The molecule has 0 aromatic heterocycles. The number of hydrogen-bond acceptors (Lipinski definition) is 5. The quantitative estimate of drug-likeness (QED) is 0.0851. The maximum absolute atomic E-state index is 14.8. The zero-order valence-electron chi connectivity index (χ0n) is 32.5. The highest BCUT2D eigenvalue weighted by molar-refractivity contribution is 6.99. The number of benzene rings is 3. The van der Waals surface area contributed by atoms with Gasteiger partial charge in [-0.25, -0.2) is 0 Å². The minimum absolute atomic E-state index is 0.0336. The number of methoxy groups -OCH3 is 2. The summed E-state index contributed by atoms with van der Waals surface area (Å²) in [7, 11) is 0.708. The van der Waals surface area contributed by atoms with Crippen molar-refractivity contribution in [3.05, 3.63) is 109 Å². The van der Waals surface area contributed by atoms with Gasteiger partial charge in [-0.15, -0.1) is 0 Å². The smallest absolute Gasteiger partial charge is 0.261 e. The first-order chi connectivity index (χ1) is 24.2. The molecule has 0 unspecified atom stereocenters. The third kappa shape index (κ3) is 10.3. The maximum Gasteiger partial charge on any atom is 0.261 e. The Morgan fingerprint density at radius 2 is 1.57 bits per heavy atom. The van der Waals surface area contributed by atoms with Crippen molar-refractivity contribution < 1.29 is 23.4 Å². The lowest BCUT2D eigenvalue weighted by atomic mass is 9.82. The molecule has 1 fully saturated rings. The van der Waals surface area contributed by atoms with Crippen LogP contribution in [-0.2, 0) is 18.7 Å². The lowest BCUT2D eigenvalue weighted by Gasteiger charge is -2.43. The predicted molar refractivity (Wildman–Crippen MR) is 213 cm³/mol. The molecule has 1 heterocycles. The molecule has 7 heteroatoms. The highest BCUT2D eigenvalue weighted by Gasteiger charge is 2.50. The highest BCUT2D eigenvalue weighted by atomic mass is 28.4. The number of carbonyl (C=O) groups is 1. The molecular formula is C44H61NO5Si. The Hall–Kier alpha value is -3.49. The molecule has 1 saturated heterocycles. The summed E-state index contributed by atoms with van der Waals surface area (Å²) in [6.07, 6.45) is 6.38. The van der Waals surface area contributed by atoms with E-state index in [0.29, 0.717) is 19.8 Å². The molecular weight excluding hydrogens is 651 g/mol. The number of carbonyl (C=O) groups excluding carboxylic acids is 1. The molecule has 0 aliphatic carbocycles. The number of ether oxygens (including phenoxy) is 3. The molecule has 0 spiro atoms. The Morgan fingerprint density at radius 1 is 0.941 bits per heavy atom. The molecule has 3 aromatic rings. The highest BCUT2D eigenvalue weighted by Crippen LogP contribution is 2.38. The van der Waals surface area contributed by atoms with Crippen LogP contribution in [-0.4, -0.2) is 70.8 Å². The van der Waals surface area contributed by atoms with Gasteiger partial charge in [-0.2, -0.15) is 0 Å². The van der Waals surface area contributed by atoms with E-state index in [-0.39, 0.29) is 34.6 Å². The van der Waals surface area contributed by atoms with Gasteiger partial charge in [0.1, 0.15) is 5.75 Å². The predicted octanol–water partition coefficient (Wildman–Crippen LogP) is 8.30. The molecule has 3 aromatic carbocycles. The molecule has 0 radical (unpaired) electrons. The van der Waals surface area contributed by atoms with Crippen LogP contribution in [0.25, 0.3) is 6.08 Å². The van der Waals surface area contributed by atoms with Gasteiger partial charge in [-0.3, -0.25) is 4.79 Å². The van der Waals surface area contributed by atoms with Gasteiger partial charge < -0.3 is 23.5 Å². The summed E-state index contributed by atoms with van der Waals surface area (Å²) in [5.41, 5.74) is 1.65. The van der Waals surface area contributed by atoms with Gasteiger partial charge in [0.2, 0.25) is 5.91 Å². The second kappa shape index (κ2) is 17.8. The van der Waals surface area contributed by atoms with Crippen molar-refractivity contribution in [3.63, 3.8) is 0 Å². The second-order valence-electron chi connectivity index (χ2n) is 15.9. The molecule has 4 atom stereocenters. The molecule has 276 valence electrons. The molecule has 0 bridgehead atoms. The summed E-state index contributed by atoms with van der Waals surface area (Å²) in [4.78, 5) is 16.8. The van der Waals surface area contributed by atoms with Gasteiger partial charge in [0.05, 0.1) is 37.4 Å². The third-order valence-electron chi connectivity index (χ3n) is 10.0. The van der Waals surface area contributed by atoms with Crippen LogP contribution >= 0.6 is 0 Å². The molecule has 1 amide bonds. The molecule has 0 N–H and O–H groups in total. The van der Waals surface area contributed by atoms with E-state index in [4.69, 9.17) is 18.6 Å². The standard InChI is InChI=1S/C44H61NO5Si/c1-33(2)40(25-18-28-50-51(44(6,7)8,38-21-13-11-14-22-38)39-23-15-12-16-24-39)41(27-26-34-19-17-20-36(29-34)47-9)42(46)45-31-37(48-10)30-35(45)32-49-43(3,4)5/h11-17,19-24,26-27,29,35,37,40-41H,1,18,25,28,30-32H2,2-10H3/b27-26+/t35-,37+,40-,41+/m0/s1. The zero-order chi connectivity index (χ0) is 37.2. The average Bonchev–Trinajstić information content (AvgIpc) is 3.53. The van der Waals surface area contributed by atoms with Crippen molar-refractivity contribution in [2.24, 2.45) is 11.8 Å². The van der Waals surface area contributed by atoms with E-state index in [1.54, 1.807) is 14.2 Å². The van der Waals surface area contributed by atoms with Crippen LogP contribution in [0.15, 0.2) is 103 Å². The van der Waals surface area contributed by atoms with Crippen LogP contribution in [0.4, 0.5) is 0 Å². The Bertz CT molecular complexity index is 1540. The summed E-state index contributed by atoms with van der Waals surface area (Å²) in [5.74, 6) is 0.345. The summed E-state index contributed by atoms with van der Waals surface area (Å²) in [6.45, 7) is 21.1. The Balaban J connectivity index is 1.64. The van der Waals surface area contributed by atoms with Crippen molar-refractivity contribution in [2.45, 2.75) is 90.5 Å². The van der Waals surface area contributed by atoms with E-state index < -0.39 is 14.2 Å². The molecule has 4 rings (SSSR count). The largest absolute Gasteiger partial charge is 0.497 e. The molecule has 0 saturated carbocycles. The number of rotatable bonds is 16. The van der Waals surface area contributed by atoms with Gasteiger partial charge >= 0.3 is 0 Å². The summed E-state index contributed by atoms with van der Waals surface area (Å²) in [5, 5.41) is 2.42. The van der Waals surface area contributed by atoms with Crippen molar-refractivity contribution in [3.8, 4) is 5.75 Å². The van der Waals surface area contributed by atoms with Crippen LogP contribution in [0.3, 0.4) is 0 Å². The van der Waals surface area contributed by atoms with E-state index in [1.807, 2.05) is 56.0 Å². The van der Waals surface area contributed by atoms with Crippen molar-refractivity contribution >= 4 is 30.7 Å². The Kier molecular flexibility index (Phi) is 14.1. The molecule has 51 heavy (non-hydrogen) atoms. The van der Waals surface area contributed by atoms with Crippen LogP contribution in [0.1, 0.15) is 73.3 Å². The first kappa shape index (κ1) is 40.3. The SMILES string of the molecule is C=C(C)[C@H](CCCO[Si](c1ccccc1)(c1ccccc1)C(C)(C)C)[C@@H](/C=C/c1cccc(OC)c1)C(=O)N1C[C@H](OC)C[C@H]1COC(C)(C)C. The zero-order valence-corrected chi connectivity index (χ0v) is 33.5. The van der Waals surface area contributed by atoms with Crippen LogP contribution in [0, 0.1) is 11.8 Å². The van der Waals surface area contributed by atoms with Gasteiger partial charge in [0.25, 0.3) is 8.32 Å². The first-order valence-electron chi connectivity index (χ1n) is 18.4. The Labute approximate surface area is 309 Å².